The third-order valence-electron chi connectivity index (χ3n) is 8.02. The molecule has 0 spiro atoms. The topological polar surface area (TPSA) is 18.5 Å². The van der Waals surface area contributed by atoms with Gasteiger partial charge >= 0.3 is 135 Å². The molecule has 0 aromatic heterocycles. The number of hydrogen-bond acceptors (Lipinski definition) is 2. The van der Waals surface area contributed by atoms with E-state index < -0.39 is 0 Å². The molecular formula is C43H48Cl2O2Zr-2. The fourth-order valence-corrected chi connectivity index (χ4v) is 6.08. The van der Waals surface area contributed by atoms with Crippen LogP contribution in [0.1, 0.15) is 95.2 Å². The van der Waals surface area contributed by atoms with Crippen molar-refractivity contribution in [3.8, 4) is 22.6 Å². The first-order valence-electron chi connectivity index (χ1n) is 16.4. The van der Waals surface area contributed by atoms with Crippen LogP contribution in [0.4, 0.5) is 0 Å². The first-order chi connectivity index (χ1) is 21.9. The van der Waals surface area contributed by atoms with Gasteiger partial charge in [-0.05, 0) is 17.4 Å². The van der Waals surface area contributed by atoms with Gasteiger partial charge in [0.1, 0.15) is 0 Å². The molecular weight excluding hydrogens is 711 g/mol. The summed E-state index contributed by atoms with van der Waals surface area (Å²) >= 11 is 1.40. The molecule has 0 unspecified atom stereocenters. The number of hydrogen-bond donors (Lipinski definition) is 0. The van der Waals surface area contributed by atoms with Gasteiger partial charge < -0.3 is 24.8 Å². The minimum Gasteiger partial charge on any atom is -1.00 e. The van der Waals surface area contributed by atoms with E-state index in [4.69, 9.17) is 9.47 Å². The van der Waals surface area contributed by atoms with Crippen molar-refractivity contribution in [1.82, 2.24) is 0 Å². The van der Waals surface area contributed by atoms with E-state index in [9.17, 15) is 0 Å². The summed E-state index contributed by atoms with van der Waals surface area (Å²) in [5.74, 6) is 1.85. The number of rotatable bonds is 6. The first-order valence-corrected chi connectivity index (χ1v) is 17.6. The molecule has 5 heteroatoms. The predicted octanol–water partition coefficient (Wildman–Crippen LogP) is 4.57. The fraction of sp³-hybridized carbons (Fsp3) is 0.326. The summed E-state index contributed by atoms with van der Waals surface area (Å²) < 4.78 is 12.3. The zero-order chi connectivity index (χ0) is 33.3. The standard InChI is InChI=1S/C21H25.C17H18O2.C5H5.2ClH.Zr/c1-20(2,3)16-9-7-14-11-15-8-10-17(21(4,5)6)13-19(15)18(14)12-16;1-3-18-16-9-5-14(6-10-16)13-15-7-11-17(12-8-15)19-4-2;1-2-4-5-3-1;;;/h7,9-10,12-13H,11H2,1-6H3;5-12H,3-4H2,1-2H3;1-3H,4H2;2*1H;/q-1;;-1;;;+2/p-2. The van der Waals surface area contributed by atoms with Crippen molar-refractivity contribution in [3.63, 3.8) is 0 Å². The maximum Gasteiger partial charge on any atom is -0.109 e. The molecule has 48 heavy (non-hydrogen) atoms. The van der Waals surface area contributed by atoms with Gasteiger partial charge in [0.15, 0.2) is 0 Å². The van der Waals surface area contributed by atoms with Crippen LogP contribution in [0, 0.1) is 12.1 Å². The number of benzene rings is 4. The van der Waals surface area contributed by atoms with Crippen LogP contribution < -0.4 is 34.3 Å². The molecule has 6 rings (SSSR count). The molecule has 2 aliphatic carbocycles. The second-order valence-electron chi connectivity index (χ2n) is 13.6. The molecule has 4 aromatic carbocycles. The molecule has 0 bridgehead atoms. The van der Waals surface area contributed by atoms with E-state index in [-0.39, 0.29) is 35.6 Å². The van der Waals surface area contributed by atoms with Crippen LogP contribution in [-0.2, 0) is 41.5 Å². The van der Waals surface area contributed by atoms with Crippen LogP contribution in [0.2, 0.25) is 0 Å². The third kappa shape index (κ3) is 11.4. The normalized spacial score (nSPS) is 12.2. The van der Waals surface area contributed by atoms with E-state index in [1.807, 2.05) is 50.3 Å². The molecule has 0 heterocycles. The maximum absolute atomic E-state index is 5.47. The molecule has 0 N–H and O–H groups in total. The summed E-state index contributed by atoms with van der Waals surface area (Å²) in [5.41, 5.74) is 11.3. The van der Waals surface area contributed by atoms with Gasteiger partial charge in [-0.1, -0.05) is 76.3 Å². The zero-order valence-electron chi connectivity index (χ0n) is 29.6. The zero-order valence-corrected chi connectivity index (χ0v) is 33.6. The Hall–Kier alpha value is -2.71. The van der Waals surface area contributed by atoms with E-state index in [1.165, 1.54) is 71.9 Å². The van der Waals surface area contributed by atoms with Gasteiger partial charge in [-0.2, -0.15) is 35.4 Å². The fourth-order valence-electron chi connectivity index (χ4n) is 5.26. The van der Waals surface area contributed by atoms with Crippen molar-refractivity contribution < 1.29 is 58.5 Å². The Labute approximate surface area is 317 Å². The Morgan fingerprint density at radius 3 is 1.65 bits per heavy atom. The SMILES string of the molecule is CC(C)(C)c1c[c-]c2c(c1)-c1cc(C(C)(C)C)ccc1C2.CCOc1ccc([C](=[Zr+2])c2ccc(OCC)cc2)cc1.[C-]1=CC=CC1.[Cl-].[Cl-]. The van der Waals surface area contributed by atoms with Gasteiger partial charge in [0.25, 0.3) is 0 Å². The summed E-state index contributed by atoms with van der Waals surface area (Å²) in [7, 11) is 0. The van der Waals surface area contributed by atoms with Gasteiger partial charge in [0, 0.05) is 0 Å². The van der Waals surface area contributed by atoms with Crippen molar-refractivity contribution in [1.29, 1.82) is 0 Å². The predicted molar refractivity (Wildman–Crippen MR) is 191 cm³/mol. The number of fused-ring (bicyclic) bond motifs is 3. The van der Waals surface area contributed by atoms with Crippen LogP contribution in [0.15, 0.2) is 97.1 Å². The maximum atomic E-state index is 5.47. The van der Waals surface area contributed by atoms with Crippen LogP contribution >= 0.6 is 0 Å². The number of allylic oxidation sites excluding steroid dienone is 4. The molecule has 0 saturated heterocycles. The van der Waals surface area contributed by atoms with Crippen LogP contribution in [0.25, 0.3) is 11.1 Å². The molecule has 0 amide bonds. The number of ether oxygens (including phenoxy) is 2. The third-order valence-corrected chi connectivity index (χ3v) is 9.44. The summed E-state index contributed by atoms with van der Waals surface area (Å²) in [6, 6.07) is 31.6. The van der Waals surface area contributed by atoms with Crippen LogP contribution in [0.3, 0.4) is 0 Å². The molecule has 2 nitrogen and oxygen atoms in total. The molecule has 0 radical (unpaired) electrons. The summed E-state index contributed by atoms with van der Waals surface area (Å²) in [6.07, 6.45) is 11.0. The Morgan fingerprint density at radius 2 is 1.23 bits per heavy atom. The summed E-state index contributed by atoms with van der Waals surface area (Å²) in [6.45, 7) is 19.0. The number of halogens is 2. The molecule has 0 fully saturated rings. The van der Waals surface area contributed by atoms with Gasteiger partial charge in [-0.15, -0.1) is 12.0 Å². The van der Waals surface area contributed by atoms with E-state index >= 15 is 0 Å². The van der Waals surface area contributed by atoms with E-state index in [1.54, 1.807) is 0 Å². The van der Waals surface area contributed by atoms with E-state index in [0.717, 1.165) is 24.3 Å². The Morgan fingerprint density at radius 1 is 0.708 bits per heavy atom. The van der Waals surface area contributed by atoms with Crippen molar-refractivity contribution in [2.45, 2.75) is 79.1 Å². The molecule has 0 atom stereocenters. The van der Waals surface area contributed by atoms with Gasteiger partial charge in [0.05, 0.1) is 0 Å². The smallest absolute Gasteiger partial charge is 0.109 e. The Bertz CT molecular complexity index is 1550. The van der Waals surface area contributed by atoms with Crippen LogP contribution in [0.5, 0.6) is 11.5 Å². The largest absolute Gasteiger partial charge is 1.00 e. The van der Waals surface area contributed by atoms with E-state index in [2.05, 4.69) is 114 Å². The molecule has 2 aliphatic rings. The van der Waals surface area contributed by atoms with Gasteiger partial charge in [0.2, 0.25) is 0 Å². The average molecular weight is 759 g/mol. The van der Waals surface area contributed by atoms with Gasteiger partial charge in [-0.25, -0.2) is 12.2 Å². The van der Waals surface area contributed by atoms with Crippen LogP contribution in [-0.4, -0.2) is 16.4 Å². The second-order valence-corrected chi connectivity index (χ2v) is 14.9. The minimum absolute atomic E-state index is 0. The minimum atomic E-state index is 0. The molecule has 0 aliphatic heterocycles. The van der Waals surface area contributed by atoms with E-state index in [0.29, 0.717) is 13.2 Å². The van der Waals surface area contributed by atoms with Crippen molar-refractivity contribution in [2.75, 3.05) is 13.2 Å². The Balaban J connectivity index is 0.000000281. The second kappa shape index (κ2) is 18.9. The van der Waals surface area contributed by atoms with Crippen molar-refractivity contribution in [2.24, 2.45) is 0 Å². The first kappa shape index (κ1) is 41.5. The molecule has 4 aromatic rings. The van der Waals surface area contributed by atoms with Crippen molar-refractivity contribution in [3.05, 3.63) is 143 Å². The summed E-state index contributed by atoms with van der Waals surface area (Å²) in [4.78, 5) is 0. The molecule has 0 saturated carbocycles. The van der Waals surface area contributed by atoms with Gasteiger partial charge in [-0.3, -0.25) is 6.08 Å². The average Bonchev–Trinajstić information content (AvgIpc) is 3.73. The molecule has 252 valence electrons. The monoisotopic (exact) mass is 756 g/mol. The summed E-state index contributed by atoms with van der Waals surface area (Å²) in [5, 5.41) is 0. The van der Waals surface area contributed by atoms with Crippen molar-refractivity contribution >= 4 is 3.21 Å². The quantitative estimate of drug-likeness (QED) is 0.237. The Kier molecular flexibility index (Phi) is 16.3.